The van der Waals surface area contributed by atoms with Crippen LogP contribution in [0.3, 0.4) is 0 Å². The highest BCUT2D eigenvalue weighted by atomic mass is 35.5. The molecule has 0 bridgehead atoms. The van der Waals surface area contributed by atoms with Crippen LogP contribution in [0.4, 0.5) is 0 Å². The molecule has 0 aliphatic rings. The molecule has 0 amide bonds. The van der Waals surface area contributed by atoms with E-state index in [0.29, 0.717) is 0 Å². The van der Waals surface area contributed by atoms with E-state index in [1.54, 1.807) is 16.4 Å². The molecule has 0 unspecified atom stereocenters. The average molecular weight is 281 g/mol. The Hall–Kier alpha value is -1.33. The second kappa shape index (κ2) is 6.02. The van der Waals surface area contributed by atoms with Crippen LogP contribution in [-0.4, -0.2) is 26.0 Å². The first-order valence-corrected chi connectivity index (χ1v) is 6.89. The Morgan fingerprint density at radius 1 is 1.33 bits per heavy atom. The number of hydrogen-bond acceptors (Lipinski definition) is 4. The zero-order valence-electron chi connectivity index (χ0n) is 10.2. The van der Waals surface area contributed by atoms with Crippen LogP contribution in [0.25, 0.3) is 5.69 Å². The lowest BCUT2D eigenvalue weighted by Crippen LogP contribution is -2.03. The van der Waals surface area contributed by atoms with Gasteiger partial charge in [-0.1, -0.05) is 47.6 Å². The Balaban J connectivity index is 2.36. The summed E-state index contributed by atoms with van der Waals surface area (Å²) < 4.78 is 1.78. The Kier molecular flexibility index (Phi) is 4.38. The Morgan fingerprint density at radius 3 is 2.72 bits per heavy atom. The summed E-state index contributed by atoms with van der Waals surface area (Å²) in [4.78, 5) is 0. The minimum absolute atomic E-state index is 0.745. The zero-order chi connectivity index (χ0) is 13.0. The molecular weight excluding hydrogens is 268 g/mol. The molecule has 94 valence electrons. The molecule has 0 N–H and O–H groups in total. The summed E-state index contributed by atoms with van der Waals surface area (Å²) in [6, 6.07) is 6.13. The molecule has 0 atom stereocenters. The molecule has 2 rings (SSSR count). The van der Waals surface area contributed by atoms with Crippen molar-refractivity contribution >= 4 is 23.4 Å². The van der Waals surface area contributed by atoms with Gasteiger partial charge in [0.15, 0.2) is 0 Å². The van der Waals surface area contributed by atoms with Gasteiger partial charge in [0.1, 0.15) is 0 Å². The van der Waals surface area contributed by atoms with E-state index < -0.39 is 0 Å². The van der Waals surface area contributed by atoms with Crippen molar-refractivity contribution in [3.63, 3.8) is 0 Å². The highest BCUT2D eigenvalue weighted by Crippen LogP contribution is 2.23. The molecule has 0 saturated heterocycles. The molecule has 1 aromatic carbocycles. The molecule has 18 heavy (non-hydrogen) atoms. The fourth-order valence-corrected chi connectivity index (χ4v) is 2.59. The number of para-hydroxylation sites is 1. The van der Waals surface area contributed by atoms with E-state index in [9.17, 15) is 0 Å². The minimum atomic E-state index is 0.745. The van der Waals surface area contributed by atoms with E-state index in [1.807, 2.05) is 12.1 Å². The lowest BCUT2D eigenvalue weighted by atomic mass is 10.1. The molecule has 0 saturated carbocycles. The Bertz CT molecular complexity index is 545. The van der Waals surface area contributed by atoms with Gasteiger partial charge >= 0.3 is 0 Å². The van der Waals surface area contributed by atoms with Gasteiger partial charge in [-0.15, -0.1) is 5.10 Å². The summed E-state index contributed by atoms with van der Waals surface area (Å²) >= 11 is 7.04. The van der Waals surface area contributed by atoms with Crippen molar-refractivity contribution in [1.29, 1.82) is 0 Å². The molecule has 0 fully saturated rings. The van der Waals surface area contributed by atoms with E-state index in [2.05, 4.69) is 41.5 Å². The van der Waals surface area contributed by atoms with Gasteiger partial charge < -0.3 is 0 Å². The fraction of sp³-hybridized carbons (Fsp3) is 0.250. The van der Waals surface area contributed by atoms with Crippen LogP contribution in [0, 0.1) is 13.8 Å². The second-order valence-electron chi connectivity index (χ2n) is 3.79. The van der Waals surface area contributed by atoms with Crippen molar-refractivity contribution in [1.82, 2.24) is 20.2 Å². The van der Waals surface area contributed by atoms with Crippen LogP contribution in [-0.2, 0) is 0 Å². The molecule has 6 heteroatoms. The van der Waals surface area contributed by atoms with Crippen LogP contribution >= 0.6 is 23.4 Å². The number of benzene rings is 1. The van der Waals surface area contributed by atoms with Gasteiger partial charge in [0, 0.05) is 11.3 Å². The van der Waals surface area contributed by atoms with Crippen LogP contribution in [0.5, 0.6) is 0 Å². The molecule has 0 radical (unpaired) electrons. The van der Waals surface area contributed by atoms with Gasteiger partial charge in [0.2, 0.25) is 5.16 Å². The van der Waals surface area contributed by atoms with Gasteiger partial charge in [-0.25, -0.2) is 0 Å². The molecule has 1 aromatic heterocycles. The Labute approximate surface area is 115 Å². The lowest BCUT2D eigenvalue weighted by Gasteiger charge is -2.09. The lowest BCUT2D eigenvalue weighted by molar-refractivity contribution is 0.747. The third-order valence-electron chi connectivity index (χ3n) is 2.49. The highest BCUT2D eigenvalue weighted by Gasteiger charge is 2.12. The third kappa shape index (κ3) is 2.73. The molecule has 0 spiro atoms. The normalized spacial score (nSPS) is 11.3. The number of aryl methyl sites for hydroxylation is 2. The van der Waals surface area contributed by atoms with E-state index in [4.69, 9.17) is 11.6 Å². The molecule has 1 heterocycles. The summed E-state index contributed by atoms with van der Waals surface area (Å²) in [6.45, 7) is 4.11. The average Bonchev–Trinajstić information content (AvgIpc) is 2.78. The number of aromatic nitrogens is 4. The SMILES string of the molecule is Cc1cccc(C)c1-n1nnnc1SCC=CCl. The van der Waals surface area contributed by atoms with Gasteiger partial charge in [-0.05, 0) is 35.4 Å². The number of halogens is 1. The molecule has 2 aromatic rings. The maximum Gasteiger partial charge on any atom is 0.214 e. The van der Waals surface area contributed by atoms with E-state index in [1.165, 1.54) is 5.54 Å². The van der Waals surface area contributed by atoms with Crippen molar-refractivity contribution in [2.24, 2.45) is 0 Å². The van der Waals surface area contributed by atoms with E-state index >= 15 is 0 Å². The number of hydrogen-bond donors (Lipinski definition) is 0. The highest BCUT2D eigenvalue weighted by molar-refractivity contribution is 7.99. The Morgan fingerprint density at radius 2 is 2.06 bits per heavy atom. The number of nitrogens with zero attached hydrogens (tertiary/aromatic N) is 4. The molecule has 0 aliphatic heterocycles. The minimum Gasteiger partial charge on any atom is -0.187 e. The summed E-state index contributed by atoms with van der Waals surface area (Å²) in [5.41, 5.74) is 4.84. The first kappa shape index (κ1) is 13.1. The number of rotatable bonds is 4. The van der Waals surface area contributed by atoms with Gasteiger partial charge in [0.25, 0.3) is 0 Å². The summed E-state index contributed by atoms with van der Waals surface area (Å²) in [5.74, 6) is 0.745. The first-order valence-electron chi connectivity index (χ1n) is 5.47. The predicted octanol–water partition coefficient (Wildman–Crippen LogP) is 3.12. The van der Waals surface area contributed by atoms with Crippen molar-refractivity contribution in [2.45, 2.75) is 19.0 Å². The number of thioether (sulfide) groups is 1. The van der Waals surface area contributed by atoms with Crippen molar-refractivity contribution < 1.29 is 0 Å². The maximum atomic E-state index is 5.50. The quantitative estimate of drug-likeness (QED) is 0.807. The topological polar surface area (TPSA) is 43.6 Å². The zero-order valence-corrected chi connectivity index (χ0v) is 11.7. The molecule has 4 nitrogen and oxygen atoms in total. The van der Waals surface area contributed by atoms with Crippen molar-refractivity contribution in [3.8, 4) is 5.69 Å². The second-order valence-corrected chi connectivity index (χ2v) is 5.03. The fourth-order valence-electron chi connectivity index (χ4n) is 1.71. The first-order chi connectivity index (χ1) is 8.74. The summed E-state index contributed by atoms with van der Waals surface area (Å²) in [5, 5.41) is 12.6. The van der Waals surface area contributed by atoms with Crippen LogP contribution < -0.4 is 0 Å². The predicted molar refractivity (Wildman–Crippen MR) is 74.3 cm³/mol. The van der Waals surface area contributed by atoms with Crippen LogP contribution in [0.2, 0.25) is 0 Å². The van der Waals surface area contributed by atoms with Gasteiger partial charge in [-0.2, -0.15) is 4.68 Å². The van der Waals surface area contributed by atoms with Crippen molar-refractivity contribution in [2.75, 3.05) is 5.75 Å². The third-order valence-corrected chi connectivity index (χ3v) is 3.54. The van der Waals surface area contributed by atoms with Crippen molar-refractivity contribution in [3.05, 3.63) is 40.9 Å². The molecular formula is C12H13ClN4S. The van der Waals surface area contributed by atoms with E-state index in [0.717, 1.165) is 27.7 Å². The molecule has 0 aliphatic carbocycles. The summed E-state index contributed by atoms with van der Waals surface area (Å²) in [7, 11) is 0. The largest absolute Gasteiger partial charge is 0.214 e. The van der Waals surface area contributed by atoms with Crippen LogP contribution in [0.1, 0.15) is 11.1 Å². The van der Waals surface area contributed by atoms with Gasteiger partial charge in [-0.3, -0.25) is 0 Å². The monoisotopic (exact) mass is 280 g/mol. The van der Waals surface area contributed by atoms with Gasteiger partial charge in [0.05, 0.1) is 5.69 Å². The smallest absolute Gasteiger partial charge is 0.187 e. The summed E-state index contributed by atoms with van der Waals surface area (Å²) in [6.07, 6.45) is 1.86. The van der Waals surface area contributed by atoms with E-state index in [-0.39, 0.29) is 0 Å². The maximum absolute atomic E-state index is 5.50. The standard InChI is InChI=1S/C12H13ClN4S/c1-9-5-3-6-10(2)11(9)17-12(14-15-16-17)18-8-4-7-13/h3-7H,8H2,1-2H3. The van der Waals surface area contributed by atoms with Crippen LogP contribution in [0.15, 0.2) is 35.0 Å². The number of tetrazole rings is 1.